The van der Waals surface area contributed by atoms with Crippen LogP contribution >= 0.6 is 11.6 Å². The molecule has 1 amide bonds. The predicted molar refractivity (Wildman–Crippen MR) is 107 cm³/mol. The predicted octanol–water partition coefficient (Wildman–Crippen LogP) is 3.92. The van der Waals surface area contributed by atoms with Crippen molar-refractivity contribution in [3.8, 4) is 17.4 Å². The number of carbonyl (C=O) groups excluding carboxylic acids is 1. The van der Waals surface area contributed by atoms with E-state index >= 15 is 0 Å². The molecule has 0 fully saturated rings. The van der Waals surface area contributed by atoms with Gasteiger partial charge in [-0.25, -0.2) is 0 Å². The molecule has 144 valence electrons. The maximum Gasteiger partial charge on any atom is 0.287 e. The first-order valence-electron chi connectivity index (χ1n) is 8.96. The fraction of sp³-hybridized carbons (Fsp3) is 0.250. The molecule has 2 aromatic heterocycles. The van der Waals surface area contributed by atoms with Crippen LogP contribution in [0.25, 0.3) is 11.3 Å². The third kappa shape index (κ3) is 4.53. The zero-order valence-corrected chi connectivity index (χ0v) is 15.9. The number of hydrogen-bond acceptors (Lipinski definition) is 5. The molecule has 3 rings (SSSR count). The minimum atomic E-state index is -0.258. The Morgan fingerprint density at radius 1 is 1.25 bits per heavy atom. The number of nitrogen functional groups attached to an aromatic ring is 1. The Balaban J connectivity index is 1.42. The molecule has 0 aliphatic heterocycles. The monoisotopic (exact) mass is 397 g/mol. The molecule has 0 saturated heterocycles. The van der Waals surface area contributed by atoms with E-state index in [1.165, 1.54) is 0 Å². The summed E-state index contributed by atoms with van der Waals surface area (Å²) in [6.45, 7) is 0.539. The number of rotatable bonds is 8. The Hall–Kier alpha value is -3.24. The molecule has 0 bridgehead atoms. The number of aryl methyl sites for hydroxylation is 1. The van der Waals surface area contributed by atoms with Crippen LogP contribution in [-0.4, -0.2) is 22.6 Å². The Morgan fingerprint density at radius 3 is 2.86 bits per heavy atom. The van der Waals surface area contributed by atoms with Gasteiger partial charge in [0.2, 0.25) is 0 Å². The van der Waals surface area contributed by atoms with Crippen LogP contribution in [0.15, 0.2) is 40.8 Å². The number of benzene rings is 1. The number of aromatic nitrogens is 2. The molecule has 4 N–H and O–H groups in total. The third-order valence-electron chi connectivity index (χ3n) is 4.34. The zero-order valence-electron chi connectivity index (χ0n) is 15.2. The Labute approximate surface area is 167 Å². The van der Waals surface area contributed by atoms with Crippen LogP contribution in [-0.2, 0) is 6.42 Å². The molecule has 0 spiro atoms. The van der Waals surface area contributed by atoms with E-state index in [4.69, 9.17) is 27.0 Å². The summed E-state index contributed by atoms with van der Waals surface area (Å²) in [7, 11) is 0. The lowest BCUT2D eigenvalue weighted by Crippen LogP contribution is -2.23. The van der Waals surface area contributed by atoms with Crippen LogP contribution in [0, 0.1) is 11.3 Å². The van der Waals surface area contributed by atoms with Crippen molar-refractivity contribution in [1.82, 2.24) is 15.5 Å². The summed E-state index contributed by atoms with van der Waals surface area (Å²) in [6, 6.07) is 12.7. The van der Waals surface area contributed by atoms with Crippen LogP contribution in [0.3, 0.4) is 0 Å². The van der Waals surface area contributed by atoms with E-state index in [9.17, 15) is 4.79 Å². The van der Waals surface area contributed by atoms with E-state index in [0.29, 0.717) is 29.3 Å². The van der Waals surface area contributed by atoms with E-state index < -0.39 is 0 Å². The molecule has 2 heterocycles. The minimum Gasteiger partial charge on any atom is -0.451 e. The normalized spacial score (nSPS) is 10.6. The second-order valence-corrected chi connectivity index (χ2v) is 6.69. The molecule has 28 heavy (non-hydrogen) atoms. The van der Waals surface area contributed by atoms with Gasteiger partial charge in [-0.15, -0.1) is 0 Å². The summed E-state index contributed by atoms with van der Waals surface area (Å²) in [6.07, 6.45) is 3.27. The molecule has 1 aromatic carbocycles. The standard InChI is InChI=1S/C20H20ClN5O2/c21-15-7-4-3-6-13(15)17-9-10-18(28-17)20(27)24-11-5-1-2-8-16-14(12-22)19(23)26-25-16/h3-4,6-7,9-10H,1-2,5,8,11H2,(H,24,27)(H3,23,25,26). The van der Waals surface area contributed by atoms with Crippen LogP contribution in [0.2, 0.25) is 5.02 Å². The Morgan fingerprint density at radius 2 is 2.07 bits per heavy atom. The lowest BCUT2D eigenvalue weighted by atomic mass is 10.1. The molecule has 7 nitrogen and oxygen atoms in total. The number of unbranched alkanes of at least 4 members (excludes halogenated alkanes) is 2. The summed E-state index contributed by atoms with van der Waals surface area (Å²) in [4.78, 5) is 12.2. The maximum absolute atomic E-state index is 12.2. The van der Waals surface area contributed by atoms with Crippen LogP contribution < -0.4 is 11.1 Å². The molecule has 0 saturated carbocycles. The van der Waals surface area contributed by atoms with Gasteiger partial charge in [0.1, 0.15) is 17.4 Å². The van der Waals surface area contributed by atoms with Gasteiger partial charge >= 0.3 is 0 Å². The van der Waals surface area contributed by atoms with Gasteiger partial charge in [-0.05, 0) is 43.5 Å². The van der Waals surface area contributed by atoms with Crippen molar-refractivity contribution in [3.63, 3.8) is 0 Å². The first kappa shape index (κ1) is 19.5. The number of halogens is 1. The van der Waals surface area contributed by atoms with Crippen LogP contribution in [0.1, 0.15) is 41.1 Å². The number of aromatic amines is 1. The quantitative estimate of drug-likeness (QED) is 0.497. The van der Waals surface area contributed by atoms with Crippen LogP contribution in [0.5, 0.6) is 0 Å². The number of nitrogens with zero attached hydrogens (tertiary/aromatic N) is 2. The van der Waals surface area contributed by atoms with E-state index in [-0.39, 0.29) is 17.5 Å². The SMILES string of the molecule is N#Cc1c(N)n[nH]c1CCCCCNC(=O)c1ccc(-c2ccccc2Cl)o1. The highest BCUT2D eigenvalue weighted by molar-refractivity contribution is 6.33. The number of anilines is 1. The summed E-state index contributed by atoms with van der Waals surface area (Å²) in [5.41, 5.74) is 7.53. The number of carbonyl (C=O) groups is 1. The fourth-order valence-electron chi connectivity index (χ4n) is 2.86. The lowest BCUT2D eigenvalue weighted by Gasteiger charge is -2.04. The van der Waals surface area contributed by atoms with Crippen molar-refractivity contribution < 1.29 is 9.21 Å². The Kier molecular flexibility index (Phi) is 6.35. The molecule has 0 radical (unpaired) electrons. The number of furan rings is 1. The molecular formula is C20H20ClN5O2. The minimum absolute atomic E-state index is 0.236. The molecule has 3 aromatic rings. The van der Waals surface area contributed by atoms with Gasteiger partial charge in [-0.1, -0.05) is 30.2 Å². The summed E-state index contributed by atoms with van der Waals surface area (Å²) >= 11 is 6.15. The van der Waals surface area contributed by atoms with Crippen LogP contribution in [0.4, 0.5) is 5.82 Å². The van der Waals surface area contributed by atoms with E-state index in [2.05, 4.69) is 21.6 Å². The van der Waals surface area contributed by atoms with E-state index in [1.807, 2.05) is 18.2 Å². The summed E-state index contributed by atoms with van der Waals surface area (Å²) < 4.78 is 5.63. The van der Waals surface area contributed by atoms with E-state index in [0.717, 1.165) is 30.5 Å². The average Bonchev–Trinajstić information content (AvgIpc) is 3.31. The highest BCUT2D eigenvalue weighted by Gasteiger charge is 2.13. The van der Waals surface area contributed by atoms with Gasteiger partial charge in [0.15, 0.2) is 11.6 Å². The second kappa shape index (κ2) is 9.11. The van der Waals surface area contributed by atoms with Crippen molar-refractivity contribution in [3.05, 3.63) is 58.4 Å². The third-order valence-corrected chi connectivity index (χ3v) is 4.67. The molecule has 0 unspecified atom stereocenters. The topological polar surface area (TPSA) is 121 Å². The van der Waals surface area contributed by atoms with Gasteiger partial charge in [0.25, 0.3) is 5.91 Å². The van der Waals surface area contributed by atoms with E-state index in [1.54, 1.807) is 18.2 Å². The molecule has 0 aliphatic carbocycles. The van der Waals surface area contributed by atoms with Gasteiger partial charge in [0, 0.05) is 12.1 Å². The number of hydrogen-bond donors (Lipinski definition) is 3. The van der Waals surface area contributed by atoms with Crippen molar-refractivity contribution >= 4 is 23.3 Å². The van der Waals surface area contributed by atoms with Gasteiger partial charge in [-0.2, -0.15) is 10.4 Å². The Bertz CT molecular complexity index is 1000. The second-order valence-electron chi connectivity index (χ2n) is 6.28. The van der Waals surface area contributed by atoms with Crippen molar-refractivity contribution in [2.24, 2.45) is 0 Å². The number of nitriles is 1. The van der Waals surface area contributed by atoms with Crippen molar-refractivity contribution in [2.45, 2.75) is 25.7 Å². The molecule has 0 aliphatic rings. The first-order chi connectivity index (χ1) is 13.6. The first-order valence-corrected chi connectivity index (χ1v) is 9.33. The van der Waals surface area contributed by atoms with Gasteiger partial charge in [0.05, 0.1) is 10.7 Å². The fourth-order valence-corrected chi connectivity index (χ4v) is 3.09. The number of H-pyrrole nitrogens is 1. The highest BCUT2D eigenvalue weighted by atomic mass is 35.5. The zero-order chi connectivity index (χ0) is 19.9. The molecule has 0 atom stereocenters. The van der Waals surface area contributed by atoms with Gasteiger partial charge in [-0.3, -0.25) is 9.89 Å². The summed E-state index contributed by atoms with van der Waals surface area (Å²) in [5.74, 6) is 0.787. The maximum atomic E-state index is 12.2. The lowest BCUT2D eigenvalue weighted by molar-refractivity contribution is 0.0926. The largest absolute Gasteiger partial charge is 0.451 e. The molecule has 8 heteroatoms. The molecular weight excluding hydrogens is 378 g/mol. The van der Waals surface area contributed by atoms with Crippen molar-refractivity contribution in [2.75, 3.05) is 12.3 Å². The number of amides is 1. The smallest absolute Gasteiger partial charge is 0.287 e. The number of nitrogens with one attached hydrogen (secondary N) is 2. The summed E-state index contributed by atoms with van der Waals surface area (Å²) in [5, 5.41) is 19.1. The van der Waals surface area contributed by atoms with Gasteiger partial charge < -0.3 is 15.5 Å². The van der Waals surface area contributed by atoms with Crippen molar-refractivity contribution in [1.29, 1.82) is 5.26 Å². The average molecular weight is 398 g/mol. The highest BCUT2D eigenvalue weighted by Crippen LogP contribution is 2.29. The number of nitrogens with two attached hydrogens (primary N) is 1.